The molecule has 1 aromatic carbocycles. The summed E-state index contributed by atoms with van der Waals surface area (Å²) < 4.78 is 11.1. The lowest BCUT2D eigenvalue weighted by molar-refractivity contribution is -0.369. The largest absolute Gasteiger partial charge is 0.497 e. The molecular formula is C17H28NO2+. The first kappa shape index (κ1) is 15.3. The fourth-order valence-corrected chi connectivity index (χ4v) is 3.37. The van der Waals surface area contributed by atoms with Crippen molar-refractivity contribution in [1.82, 2.24) is 0 Å². The van der Waals surface area contributed by atoms with Crippen LogP contribution >= 0.6 is 0 Å². The number of ether oxygens (including phenoxy) is 2. The maximum absolute atomic E-state index is 5.86. The van der Waals surface area contributed by atoms with Crippen LogP contribution in [0.5, 0.6) is 5.75 Å². The Kier molecular flexibility index (Phi) is 5.06. The number of quaternary nitrogens is 1. The minimum atomic E-state index is 0.00874. The summed E-state index contributed by atoms with van der Waals surface area (Å²) in [4.78, 5) is 0. The Morgan fingerprint density at radius 3 is 2.60 bits per heavy atom. The van der Waals surface area contributed by atoms with E-state index >= 15 is 0 Å². The van der Waals surface area contributed by atoms with Crippen molar-refractivity contribution in [2.24, 2.45) is 5.92 Å². The van der Waals surface area contributed by atoms with Gasteiger partial charge in [0.25, 0.3) is 0 Å². The van der Waals surface area contributed by atoms with Gasteiger partial charge in [0, 0.05) is 13.0 Å². The van der Waals surface area contributed by atoms with Crippen LogP contribution < -0.4 is 10.5 Å². The average Bonchev–Trinajstić information content (AvgIpc) is 2.44. The van der Waals surface area contributed by atoms with Crippen LogP contribution in [0.2, 0.25) is 0 Å². The molecule has 0 aliphatic carbocycles. The Labute approximate surface area is 122 Å². The van der Waals surface area contributed by atoms with Crippen molar-refractivity contribution in [3.8, 4) is 5.75 Å². The summed E-state index contributed by atoms with van der Waals surface area (Å²) in [6.45, 7) is 6.26. The van der Waals surface area contributed by atoms with E-state index < -0.39 is 0 Å². The van der Waals surface area contributed by atoms with E-state index in [1.54, 1.807) is 7.11 Å². The maximum atomic E-state index is 5.86. The van der Waals surface area contributed by atoms with Gasteiger partial charge in [0.05, 0.1) is 19.3 Å². The molecule has 20 heavy (non-hydrogen) atoms. The summed E-state index contributed by atoms with van der Waals surface area (Å²) >= 11 is 0. The third-order valence-corrected chi connectivity index (χ3v) is 4.36. The van der Waals surface area contributed by atoms with E-state index in [1.165, 1.54) is 5.56 Å². The zero-order valence-corrected chi connectivity index (χ0v) is 13.0. The Balaban J connectivity index is 2.16. The third-order valence-electron chi connectivity index (χ3n) is 4.36. The molecule has 0 aromatic heterocycles. The molecule has 3 nitrogen and oxygen atoms in total. The molecule has 0 amide bonds. The molecule has 1 aliphatic heterocycles. The molecule has 112 valence electrons. The van der Waals surface area contributed by atoms with E-state index in [9.17, 15) is 0 Å². The molecule has 3 N–H and O–H groups in total. The third kappa shape index (κ3) is 3.74. The fraction of sp³-hybridized carbons (Fsp3) is 0.647. The van der Waals surface area contributed by atoms with E-state index in [4.69, 9.17) is 9.47 Å². The molecule has 1 saturated heterocycles. The van der Waals surface area contributed by atoms with Crippen molar-refractivity contribution in [2.75, 3.05) is 20.3 Å². The first-order valence-corrected chi connectivity index (χ1v) is 7.63. The van der Waals surface area contributed by atoms with Crippen LogP contribution in [0.3, 0.4) is 0 Å². The van der Waals surface area contributed by atoms with Crippen LogP contribution in [-0.2, 0) is 4.74 Å². The van der Waals surface area contributed by atoms with Crippen molar-refractivity contribution in [3.05, 3.63) is 29.8 Å². The second-order valence-electron chi connectivity index (χ2n) is 6.38. The number of hydrogen-bond acceptors (Lipinski definition) is 2. The van der Waals surface area contributed by atoms with Crippen LogP contribution in [0.4, 0.5) is 0 Å². The summed E-state index contributed by atoms with van der Waals surface area (Å²) in [6.07, 6.45) is 3.43. The highest BCUT2D eigenvalue weighted by Crippen LogP contribution is 2.39. The van der Waals surface area contributed by atoms with Gasteiger partial charge in [-0.05, 0) is 56.2 Å². The number of hydrogen-bond donors (Lipinski definition) is 1. The highest BCUT2D eigenvalue weighted by molar-refractivity contribution is 5.30. The van der Waals surface area contributed by atoms with Gasteiger partial charge in [-0.25, -0.2) is 0 Å². The molecule has 1 heterocycles. The SMILES string of the molecule is COc1ccc([C@H](CC[NH3+])[C@@H]2CCOC(C)(C)C2)cc1. The van der Waals surface area contributed by atoms with E-state index in [-0.39, 0.29) is 5.60 Å². The Morgan fingerprint density at radius 1 is 1.35 bits per heavy atom. The van der Waals surface area contributed by atoms with Gasteiger partial charge in [-0.1, -0.05) is 12.1 Å². The predicted molar refractivity (Wildman–Crippen MR) is 80.9 cm³/mol. The molecule has 0 saturated carbocycles. The Hall–Kier alpha value is -1.06. The smallest absolute Gasteiger partial charge is 0.118 e. The molecule has 1 aliphatic rings. The Morgan fingerprint density at radius 2 is 2.05 bits per heavy atom. The summed E-state index contributed by atoms with van der Waals surface area (Å²) in [5, 5.41) is 0. The first-order chi connectivity index (χ1) is 9.55. The molecule has 0 bridgehead atoms. The topological polar surface area (TPSA) is 46.1 Å². The number of rotatable bonds is 5. The van der Waals surface area contributed by atoms with Gasteiger partial charge >= 0.3 is 0 Å². The first-order valence-electron chi connectivity index (χ1n) is 7.63. The molecule has 0 spiro atoms. The maximum Gasteiger partial charge on any atom is 0.118 e. The molecule has 1 aromatic rings. The van der Waals surface area contributed by atoms with Crippen LogP contribution in [0.15, 0.2) is 24.3 Å². The standard InChI is InChI=1S/C17H27NO2/c1-17(2)12-14(9-11-20-17)16(8-10-18)13-4-6-15(19-3)7-5-13/h4-7,14,16H,8-12,18H2,1-3H3/p+1/t14-,16+/m1/s1. The van der Waals surface area contributed by atoms with Crippen molar-refractivity contribution in [3.63, 3.8) is 0 Å². The van der Waals surface area contributed by atoms with Crippen molar-refractivity contribution >= 4 is 0 Å². The molecule has 0 radical (unpaired) electrons. The lowest BCUT2D eigenvalue weighted by Gasteiger charge is -2.39. The van der Waals surface area contributed by atoms with Gasteiger partial charge in [-0.15, -0.1) is 0 Å². The summed E-state index contributed by atoms with van der Waals surface area (Å²) in [5.41, 5.74) is 5.48. The van der Waals surface area contributed by atoms with Crippen molar-refractivity contribution in [1.29, 1.82) is 0 Å². The quantitative estimate of drug-likeness (QED) is 0.900. The van der Waals surface area contributed by atoms with Gasteiger partial charge in [0.15, 0.2) is 0 Å². The van der Waals surface area contributed by atoms with Crippen LogP contribution in [0, 0.1) is 5.92 Å². The monoisotopic (exact) mass is 278 g/mol. The fourth-order valence-electron chi connectivity index (χ4n) is 3.37. The second-order valence-corrected chi connectivity index (χ2v) is 6.38. The molecule has 3 heteroatoms. The lowest BCUT2D eigenvalue weighted by Crippen LogP contribution is -2.51. The highest BCUT2D eigenvalue weighted by Gasteiger charge is 2.34. The van der Waals surface area contributed by atoms with E-state index in [0.29, 0.717) is 11.8 Å². The van der Waals surface area contributed by atoms with Crippen LogP contribution in [-0.4, -0.2) is 25.9 Å². The van der Waals surface area contributed by atoms with E-state index in [0.717, 1.165) is 38.2 Å². The molecule has 2 atom stereocenters. The van der Waals surface area contributed by atoms with Gasteiger partial charge in [-0.2, -0.15) is 0 Å². The van der Waals surface area contributed by atoms with Gasteiger partial charge < -0.3 is 15.2 Å². The number of benzene rings is 1. The Bertz CT molecular complexity index is 414. The second kappa shape index (κ2) is 6.59. The minimum Gasteiger partial charge on any atom is -0.497 e. The average molecular weight is 278 g/mol. The van der Waals surface area contributed by atoms with E-state index in [1.807, 2.05) is 0 Å². The van der Waals surface area contributed by atoms with E-state index in [2.05, 4.69) is 43.8 Å². The molecule has 2 rings (SSSR count). The van der Waals surface area contributed by atoms with Gasteiger partial charge in [-0.3, -0.25) is 0 Å². The molecule has 1 fully saturated rings. The zero-order chi connectivity index (χ0) is 14.6. The van der Waals surface area contributed by atoms with Gasteiger partial charge in [0.2, 0.25) is 0 Å². The van der Waals surface area contributed by atoms with Crippen molar-refractivity contribution in [2.45, 2.75) is 44.6 Å². The van der Waals surface area contributed by atoms with Crippen LogP contribution in [0.1, 0.15) is 44.6 Å². The summed E-state index contributed by atoms with van der Waals surface area (Å²) in [7, 11) is 1.71. The molecular weight excluding hydrogens is 250 g/mol. The summed E-state index contributed by atoms with van der Waals surface area (Å²) in [5.74, 6) is 2.20. The lowest BCUT2D eigenvalue weighted by atomic mass is 9.75. The van der Waals surface area contributed by atoms with Crippen molar-refractivity contribution < 1.29 is 15.2 Å². The predicted octanol–water partition coefficient (Wildman–Crippen LogP) is 2.62. The molecule has 0 unspecified atom stereocenters. The summed E-state index contributed by atoms with van der Waals surface area (Å²) in [6, 6.07) is 8.55. The number of methoxy groups -OCH3 is 1. The minimum absolute atomic E-state index is 0.00874. The van der Waals surface area contributed by atoms with Crippen LogP contribution in [0.25, 0.3) is 0 Å². The normalized spacial score (nSPS) is 23.3. The zero-order valence-electron chi connectivity index (χ0n) is 13.0. The highest BCUT2D eigenvalue weighted by atomic mass is 16.5. The van der Waals surface area contributed by atoms with Gasteiger partial charge in [0.1, 0.15) is 5.75 Å².